The summed E-state index contributed by atoms with van der Waals surface area (Å²) in [6.07, 6.45) is 0. The largest absolute Gasteiger partial charge is 0.456 e. The van der Waals surface area contributed by atoms with Crippen LogP contribution in [0.2, 0.25) is 0 Å². The Morgan fingerprint density at radius 3 is 1.87 bits per heavy atom. The molecule has 0 radical (unpaired) electrons. The Hall–Kier alpha value is -7.05. The van der Waals surface area contributed by atoms with Crippen molar-refractivity contribution in [1.82, 2.24) is 15.0 Å². The predicted octanol–water partition coefficient (Wildman–Crippen LogP) is 12.6. The van der Waals surface area contributed by atoms with Crippen LogP contribution in [-0.2, 0) is 5.41 Å². The summed E-state index contributed by atoms with van der Waals surface area (Å²) < 4.78 is 19.3. The van der Waals surface area contributed by atoms with E-state index in [9.17, 15) is 0 Å². The van der Waals surface area contributed by atoms with E-state index in [0.717, 1.165) is 55.5 Å². The molecule has 2 aliphatic rings. The Balaban J connectivity index is 0.967. The van der Waals surface area contributed by atoms with Crippen molar-refractivity contribution in [3.05, 3.63) is 163 Å². The number of furan rings is 1. The number of hydrogen-bond donors (Lipinski definition) is 0. The summed E-state index contributed by atoms with van der Waals surface area (Å²) in [5, 5.41) is 2.14. The van der Waals surface area contributed by atoms with Gasteiger partial charge in [0.15, 0.2) is 40.5 Å². The lowest BCUT2D eigenvalue weighted by Gasteiger charge is -2.25. The first-order valence-electron chi connectivity index (χ1n) is 18.1. The fourth-order valence-corrected chi connectivity index (χ4v) is 8.01. The first-order valence-corrected chi connectivity index (χ1v) is 18.1. The number of aromatic nitrogens is 3. The van der Waals surface area contributed by atoms with Crippen LogP contribution < -0.4 is 9.47 Å². The van der Waals surface area contributed by atoms with E-state index >= 15 is 0 Å². The van der Waals surface area contributed by atoms with Gasteiger partial charge in [0.05, 0.1) is 0 Å². The van der Waals surface area contributed by atoms with Gasteiger partial charge < -0.3 is 13.9 Å². The molecule has 0 spiro atoms. The van der Waals surface area contributed by atoms with Crippen molar-refractivity contribution in [1.29, 1.82) is 0 Å². The Morgan fingerprint density at radius 2 is 1.00 bits per heavy atom. The number of benzene rings is 7. The summed E-state index contributed by atoms with van der Waals surface area (Å²) in [6, 6.07) is 51.5. The molecule has 0 fully saturated rings. The van der Waals surface area contributed by atoms with E-state index in [0.29, 0.717) is 34.7 Å². The molecule has 1 aliphatic carbocycles. The zero-order valence-corrected chi connectivity index (χ0v) is 29.5. The maximum atomic E-state index is 6.58. The molecular formula is C48H31N3O3. The summed E-state index contributed by atoms with van der Waals surface area (Å²) in [4.78, 5) is 15.0. The van der Waals surface area contributed by atoms with Gasteiger partial charge in [-0.25, -0.2) is 15.0 Å². The topological polar surface area (TPSA) is 70.3 Å². The van der Waals surface area contributed by atoms with Gasteiger partial charge in [-0.15, -0.1) is 0 Å². The van der Waals surface area contributed by atoms with Crippen LogP contribution >= 0.6 is 0 Å². The minimum absolute atomic E-state index is 0.122. The SMILES string of the molecule is CC1(C)c2ccccc2-c2cc3c(cc21)Oc1ccc(-c2cccc(-c4nc(-c5ccccc5)nc(-c5ccc6c(c5)oc5ccccc56)n4)c2)cc1O3. The molecule has 11 rings (SSSR count). The number of ether oxygens (including phenoxy) is 2. The van der Waals surface area contributed by atoms with Crippen molar-refractivity contribution in [3.63, 3.8) is 0 Å². The molecule has 2 aromatic heterocycles. The normalized spacial score (nSPS) is 13.4. The molecule has 0 N–H and O–H groups in total. The highest BCUT2D eigenvalue weighted by Gasteiger charge is 2.37. The van der Waals surface area contributed by atoms with Crippen molar-refractivity contribution in [2.75, 3.05) is 0 Å². The molecule has 0 amide bonds. The fourth-order valence-electron chi connectivity index (χ4n) is 8.01. The van der Waals surface area contributed by atoms with Crippen LogP contribution in [-0.4, -0.2) is 15.0 Å². The quantitative estimate of drug-likeness (QED) is 0.182. The molecule has 3 heterocycles. The maximum Gasteiger partial charge on any atom is 0.170 e. The van der Waals surface area contributed by atoms with Crippen LogP contribution in [0.1, 0.15) is 25.0 Å². The summed E-state index contributed by atoms with van der Waals surface area (Å²) >= 11 is 0. The zero-order valence-electron chi connectivity index (χ0n) is 29.5. The molecule has 6 heteroatoms. The van der Waals surface area contributed by atoms with Crippen LogP contribution in [0.4, 0.5) is 0 Å². The first kappa shape index (κ1) is 30.6. The van der Waals surface area contributed by atoms with Crippen molar-refractivity contribution in [3.8, 4) is 79.4 Å². The van der Waals surface area contributed by atoms with Crippen LogP contribution in [0, 0.1) is 0 Å². The lowest BCUT2D eigenvalue weighted by Crippen LogP contribution is -2.15. The van der Waals surface area contributed by atoms with E-state index in [1.54, 1.807) is 0 Å². The highest BCUT2D eigenvalue weighted by molar-refractivity contribution is 6.05. The molecule has 54 heavy (non-hydrogen) atoms. The Labute approximate surface area is 311 Å². The summed E-state index contributed by atoms with van der Waals surface area (Å²) in [6.45, 7) is 4.53. The van der Waals surface area contributed by atoms with E-state index in [-0.39, 0.29) is 5.41 Å². The van der Waals surface area contributed by atoms with E-state index in [4.69, 9.17) is 28.8 Å². The minimum atomic E-state index is -0.122. The van der Waals surface area contributed by atoms with E-state index in [2.05, 4.69) is 86.6 Å². The molecule has 7 aromatic carbocycles. The molecule has 0 saturated carbocycles. The molecule has 0 unspecified atom stereocenters. The van der Waals surface area contributed by atoms with E-state index in [1.807, 2.05) is 78.9 Å². The van der Waals surface area contributed by atoms with E-state index < -0.39 is 0 Å². The molecule has 9 aromatic rings. The average Bonchev–Trinajstić information content (AvgIpc) is 3.70. The Bertz CT molecular complexity index is 2980. The second-order valence-corrected chi connectivity index (χ2v) is 14.4. The summed E-state index contributed by atoms with van der Waals surface area (Å²) in [5.41, 5.74) is 11.1. The van der Waals surface area contributed by atoms with Gasteiger partial charge in [-0.1, -0.05) is 117 Å². The number of rotatable bonds is 4. The Morgan fingerprint density at radius 1 is 0.389 bits per heavy atom. The second-order valence-electron chi connectivity index (χ2n) is 14.4. The van der Waals surface area contributed by atoms with Gasteiger partial charge in [0.25, 0.3) is 0 Å². The van der Waals surface area contributed by atoms with Crippen molar-refractivity contribution in [2.45, 2.75) is 19.3 Å². The highest BCUT2D eigenvalue weighted by atomic mass is 16.6. The molecule has 0 saturated heterocycles. The van der Waals surface area contributed by atoms with Crippen LogP contribution in [0.15, 0.2) is 156 Å². The first-order chi connectivity index (χ1) is 26.5. The van der Waals surface area contributed by atoms with Crippen LogP contribution in [0.25, 0.3) is 78.4 Å². The predicted molar refractivity (Wildman–Crippen MR) is 213 cm³/mol. The highest BCUT2D eigenvalue weighted by Crippen LogP contribution is 2.55. The molecular weight excluding hydrogens is 667 g/mol. The minimum Gasteiger partial charge on any atom is -0.456 e. The van der Waals surface area contributed by atoms with Gasteiger partial charge in [0.1, 0.15) is 11.2 Å². The zero-order chi connectivity index (χ0) is 36.0. The van der Waals surface area contributed by atoms with Gasteiger partial charge in [0, 0.05) is 32.9 Å². The number of hydrogen-bond acceptors (Lipinski definition) is 6. The molecule has 6 nitrogen and oxygen atoms in total. The third-order valence-corrected chi connectivity index (χ3v) is 10.8. The van der Waals surface area contributed by atoms with Gasteiger partial charge in [-0.3, -0.25) is 0 Å². The number of nitrogens with zero attached hydrogens (tertiary/aromatic N) is 3. The monoisotopic (exact) mass is 697 g/mol. The maximum absolute atomic E-state index is 6.58. The van der Waals surface area contributed by atoms with E-state index in [1.165, 1.54) is 22.3 Å². The standard InChI is InChI=1S/C48H31N3O3/c1-48(2)37-17-8-6-15-33(37)36-26-43-44(27-38(36)48)53-40-22-20-30(24-42(40)54-43)29-13-10-14-31(23-29)46-49-45(28-11-4-3-5-12-28)50-47(51-46)32-19-21-35-34-16-7-9-18-39(34)52-41(35)25-32/h3-27H,1-2H3. The molecule has 1 aliphatic heterocycles. The van der Waals surface area contributed by atoms with Gasteiger partial charge >= 0.3 is 0 Å². The summed E-state index contributed by atoms with van der Waals surface area (Å²) in [7, 11) is 0. The average molecular weight is 698 g/mol. The van der Waals surface area contributed by atoms with Crippen molar-refractivity contribution >= 4 is 21.9 Å². The third kappa shape index (κ3) is 4.77. The summed E-state index contributed by atoms with van der Waals surface area (Å²) in [5.74, 6) is 4.55. The van der Waals surface area contributed by atoms with Gasteiger partial charge in [0.2, 0.25) is 0 Å². The lowest BCUT2D eigenvalue weighted by atomic mass is 9.82. The van der Waals surface area contributed by atoms with Gasteiger partial charge in [-0.2, -0.15) is 0 Å². The van der Waals surface area contributed by atoms with Gasteiger partial charge in [-0.05, 0) is 81.9 Å². The molecule has 0 atom stereocenters. The lowest BCUT2D eigenvalue weighted by molar-refractivity contribution is 0.359. The van der Waals surface area contributed by atoms with Crippen molar-refractivity contribution in [2.24, 2.45) is 0 Å². The Kier molecular flexibility index (Phi) is 6.49. The molecule has 256 valence electrons. The second kappa shape index (κ2) is 11.5. The van der Waals surface area contributed by atoms with Crippen LogP contribution in [0.3, 0.4) is 0 Å². The number of fused-ring (bicyclic) bond motifs is 8. The van der Waals surface area contributed by atoms with Crippen molar-refractivity contribution < 1.29 is 13.9 Å². The molecule has 0 bridgehead atoms. The number of para-hydroxylation sites is 1. The third-order valence-electron chi connectivity index (χ3n) is 10.8. The smallest absolute Gasteiger partial charge is 0.170 e. The van der Waals surface area contributed by atoms with Crippen LogP contribution in [0.5, 0.6) is 23.0 Å². The fraction of sp³-hybridized carbons (Fsp3) is 0.0625.